The van der Waals surface area contributed by atoms with E-state index in [1.807, 2.05) is 38.1 Å². The van der Waals surface area contributed by atoms with Crippen molar-refractivity contribution >= 4 is 12.0 Å². The second kappa shape index (κ2) is 5.43. The van der Waals surface area contributed by atoms with Crippen LogP contribution in [0.15, 0.2) is 30.3 Å². The van der Waals surface area contributed by atoms with Gasteiger partial charge in [-0.3, -0.25) is 0 Å². The molecule has 0 amide bonds. The lowest BCUT2D eigenvalue weighted by Gasteiger charge is -2.06. The van der Waals surface area contributed by atoms with Crippen LogP contribution in [-0.2, 0) is 4.79 Å². The van der Waals surface area contributed by atoms with Gasteiger partial charge in [0.05, 0.1) is 5.69 Å². The fourth-order valence-corrected chi connectivity index (χ4v) is 1.63. The summed E-state index contributed by atoms with van der Waals surface area (Å²) in [5, 5.41) is 20.2. The molecule has 0 spiro atoms. The monoisotopic (exact) mass is 258 g/mol. The highest BCUT2D eigenvalue weighted by molar-refractivity contribution is 5.85. The summed E-state index contributed by atoms with van der Waals surface area (Å²) in [6, 6.07) is 7.34. The van der Waals surface area contributed by atoms with Crippen molar-refractivity contribution in [3.05, 3.63) is 41.7 Å². The Kier molecular flexibility index (Phi) is 3.70. The Morgan fingerprint density at radius 3 is 2.58 bits per heavy atom. The van der Waals surface area contributed by atoms with Crippen LogP contribution < -0.4 is 0 Å². The van der Waals surface area contributed by atoms with E-state index >= 15 is 0 Å². The number of aliphatic carboxylic acids is 1. The van der Waals surface area contributed by atoms with Crippen LogP contribution in [0.3, 0.4) is 0 Å². The van der Waals surface area contributed by atoms with Gasteiger partial charge in [0, 0.05) is 12.0 Å². The Bertz CT molecular complexity index is 599. The van der Waals surface area contributed by atoms with Gasteiger partial charge in [0.15, 0.2) is 5.82 Å². The number of hydrogen-bond donors (Lipinski definition) is 1. The molecular weight excluding hydrogens is 244 g/mol. The molecule has 6 heteroatoms. The first-order chi connectivity index (χ1) is 9.08. The molecule has 0 unspecified atom stereocenters. The van der Waals surface area contributed by atoms with Crippen LogP contribution in [0.2, 0.25) is 0 Å². The Labute approximate surface area is 110 Å². The molecule has 1 N–H and O–H groups in total. The normalized spacial score (nSPS) is 11.3. The maximum Gasteiger partial charge on any atom is 0.328 e. The third kappa shape index (κ3) is 3.04. The number of carboxylic acids is 1. The molecule has 2 rings (SSSR count). The van der Waals surface area contributed by atoms with Gasteiger partial charge in [-0.2, -0.15) is 4.68 Å². The number of benzene rings is 1. The molecule has 0 aliphatic carbocycles. The quantitative estimate of drug-likeness (QED) is 0.847. The minimum atomic E-state index is -0.966. The smallest absolute Gasteiger partial charge is 0.328 e. The van der Waals surface area contributed by atoms with Gasteiger partial charge in [0.2, 0.25) is 0 Å². The molecular formula is C13H14N4O2. The van der Waals surface area contributed by atoms with Crippen LogP contribution in [0, 0.1) is 0 Å². The van der Waals surface area contributed by atoms with Crippen molar-refractivity contribution in [2.45, 2.75) is 19.8 Å². The highest BCUT2D eigenvalue weighted by Gasteiger charge is 2.11. The highest BCUT2D eigenvalue weighted by Crippen LogP contribution is 2.16. The van der Waals surface area contributed by atoms with Gasteiger partial charge in [-0.25, -0.2) is 4.79 Å². The lowest BCUT2D eigenvalue weighted by Crippen LogP contribution is -2.04. The zero-order valence-corrected chi connectivity index (χ0v) is 10.7. The molecule has 98 valence electrons. The van der Waals surface area contributed by atoms with Crippen molar-refractivity contribution in [3.8, 4) is 5.69 Å². The summed E-state index contributed by atoms with van der Waals surface area (Å²) >= 11 is 0. The van der Waals surface area contributed by atoms with E-state index in [-0.39, 0.29) is 5.92 Å². The van der Waals surface area contributed by atoms with Crippen molar-refractivity contribution in [1.29, 1.82) is 0 Å². The number of aromatic nitrogens is 4. The lowest BCUT2D eigenvalue weighted by atomic mass is 10.1. The van der Waals surface area contributed by atoms with Crippen molar-refractivity contribution in [2.24, 2.45) is 0 Å². The summed E-state index contributed by atoms with van der Waals surface area (Å²) in [7, 11) is 0. The number of rotatable bonds is 4. The van der Waals surface area contributed by atoms with Crippen molar-refractivity contribution < 1.29 is 9.90 Å². The predicted molar refractivity (Wildman–Crippen MR) is 69.9 cm³/mol. The summed E-state index contributed by atoms with van der Waals surface area (Å²) in [6.45, 7) is 4.04. The Morgan fingerprint density at radius 1 is 1.32 bits per heavy atom. The van der Waals surface area contributed by atoms with Crippen molar-refractivity contribution in [1.82, 2.24) is 20.2 Å². The fourth-order valence-electron chi connectivity index (χ4n) is 1.63. The standard InChI is InChI=1S/C13H14N4O2/c1-9(2)13-14-15-16-17(13)11-6-3-10(4-7-11)5-8-12(18)19/h3-9H,1-2H3,(H,18,19)/b8-5+. The molecule has 0 fully saturated rings. The highest BCUT2D eigenvalue weighted by atomic mass is 16.4. The predicted octanol–water partition coefficient (Wildman–Crippen LogP) is 1.88. The van der Waals surface area contributed by atoms with E-state index in [4.69, 9.17) is 5.11 Å². The fraction of sp³-hybridized carbons (Fsp3) is 0.231. The number of carboxylic acid groups (broad SMARTS) is 1. The van der Waals surface area contributed by atoms with E-state index in [1.54, 1.807) is 4.68 Å². The summed E-state index contributed by atoms with van der Waals surface area (Å²) in [5.74, 6) is 0.0436. The molecule has 0 saturated carbocycles. The molecule has 6 nitrogen and oxygen atoms in total. The first kappa shape index (κ1) is 12.9. The minimum absolute atomic E-state index is 0.224. The molecule has 0 aliphatic heterocycles. The Morgan fingerprint density at radius 2 is 2.00 bits per heavy atom. The van der Waals surface area contributed by atoms with Gasteiger partial charge in [-0.1, -0.05) is 26.0 Å². The minimum Gasteiger partial charge on any atom is -0.478 e. The Balaban J connectivity index is 2.27. The zero-order chi connectivity index (χ0) is 13.8. The molecule has 0 saturated heterocycles. The van der Waals surface area contributed by atoms with Gasteiger partial charge >= 0.3 is 5.97 Å². The Hall–Kier alpha value is -2.50. The zero-order valence-electron chi connectivity index (χ0n) is 10.7. The van der Waals surface area contributed by atoms with Crippen LogP contribution in [0.25, 0.3) is 11.8 Å². The summed E-state index contributed by atoms with van der Waals surface area (Å²) in [6.07, 6.45) is 2.64. The van der Waals surface area contributed by atoms with Crippen molar-refractivity contribution in [2.75, 3.05) is 0 Å². The first-order valence-corrected chi connectivity index (χ1v) is 5.87. The first-order valence-electron chi connectivity index (χ1n) is 5.87. The largest absolute Gasteiger partial charge is 0.478 e. The summed E-state index contributed by atoms with van der Waals surface area (Å²) in [5.41, 5.74) is 1.66. The number of nitrogens with zero attached hydrogens (tertiary/aromatic N) is 4. The second-order valence-corrected chi connectivity index (χ2v) is 4.37. The summed E-state index contributed by atoms with van der Waals surface area (Å²) < 4.78 is 1.68. The van der Waals surface area contributed by atoms with Gasteiger partial charge in [-0.05, 0) is 34.2 Å². The molecule has 2 aromatic rings. The van der Waals surface area contributed by atoms with E-state index in [9.17, 15) is 4.79 Å². The van der Waals surface area contributed by atoms with Crippen molar-refractivity contribution in [3.63, 3.8) is 0 Å². The van der Waals surface area contributed by atoms with Gasteiger partial charge in [-0.15, -0.1) is 5.10 Å². The van der Waals surface area contributed by atoms with Crippen LogP contribution in [0.5, 0.6) is 0 Å². The van der Waals surface area contributed by atoms with Crippen LogP contribution in [-0.4, -0.2) is 31.3 Å². The molecule has 0 atom stereocenters. The molecule has 0 radical (unpaired) electrons. The van der Waals surface area contributed by atoms with E-state index in [2.05, 4.69) is 15.5 Å². The number of carbonyl (C=O) groups is 1. The van der Waals surface area contributed by atoms with E-state index in [1.165, 1.54) is 6.08 Å². The molecule has 1 aromatic carbocycles. The van der Waals surface area contributed by atoms with Crippen LogP contribution in [0.1, 0.15) is 31.2 Å². The lowest BCUT2D eigenvalue weighted by molar-refractivity contribution is -0.131. The van der Waals surface area contributed by atoms with Crippen LogP contribution >= 0.6 is 0 Å². The number of tetrazole rings is 1. The average molecular weight is 258 g/mol. The number of hydrogen-bond acceptors (Lipinski definition) is 4. The van der Waals surface area contributed by atoms with E-state index < -0.39 is 5.97 Å². The third-order valence-corrected chi connectivity index (χ3v) is 2.57. The molecule has 19 heavy (non-hydrogen) atoms. The maximum atomic E-state index is 10.4. The average Bonchev–Trinajstić information content (AvgIpc) is 2.86. The SMILES string of the molecule is CC(C)c1nnnn1-c1ccc(/C=C/C(=O)O)cc1. The molecule has 1 aromatic heterocycles. The third-order valence-electron chi connectivity index (χ3n) is 2.57. The van der Waals surface area contributed by atoms with Gasteiger partial charge in [0.25, 0.3) is 0 Å². The second-order valence-electron chi connectivity index (χ2n) is 4.37. The van der Waals surface area contributed by atoms with Crippen LogP contribution in [0.4, 0.5) is 0 Å². The van der Waals surface area contributed by atoms with Gasteiger partial charge in [0.1, 0.15) is 0 Å². The molecule has 1 heterocycles. The van der Waals surface area contributed by atoms with E-state index in [0.717, 1.165) is 23.2 Å². The molecule has 0 bridgehead atoms. The topological polar surface area (TPSA) is 80.9 Å². The van der Waals surface area contributed by atoms with Gasteiger partial charge < -0.3 is 5.11 Å². The summed E-state index contributed by atoms with van der Waals surface area (Å²) in [4.78, 5) is 10.4. The molecule has 0 aliphatic rings. The van der Waals surface area contributed by atoms with E-state index in [0.29, 0.717) is 0 Å². The maximum absolute atomic E-state index is 10.4.